The number of hydrogen-bond donors (Lipinski definition) is 1. The number of aliphatic hydroxyl groups excluding tert-OH is 1. The molecule has 0 aliphatic heterocycles. The van der Waals surface area contributed by atoms with E-state index >= 15 is 0 Å². The summed E-state index contributed by atoms with van der Waals surface area (Å²) >= 11 is 1.45. The lowest BCUT2D eigenvalue weighted by Crippen LogP contribution is -2.06. The van der Waals surface area contributed by atoms with Gasteiger partial charge in [0, 0.05) is 17.1 Å². The van der Waals surface area contributed by atoms with Crippen LogP contribution in [0.3, 0.4) is 0 Å². The van der Waals surface area contributed by atoms with Crippen molar-refractivity contribution in [2.24, 2.45) is 0 Å². The van der Waals surface area contributed by atoms with E-state index in [4.69, 9.17) is 5.11 Å². The van der Waals surface area contributed by atoms with E-state index in [1.165, 1.54) is 18.9 Å². The van der Waals surface area contributed by atoms with E-state index in [2.05, 4.69) is 11.3 Å². The summed E-state index contributed by atoms with van der Waals surface area (Å²) in [7, 11) is 1.32. The Balaban J connectivity index is 3.44. The van der Waals surface area contributed by atoms with Crippen molar-refractivity contribution in [1.29, 1.82) is 0 Å². The first-order chi connectivity index (χ1) is 5.22. The fourth-order valence-electron chi connectivity index (χ4n) is 0.463. The van der Waals surface area contributed by atoms with Crippen molar-refractivity contribution in [3.05, 3.63) is 12.2 Å². The van der Waals surface area contributed by atoms with E-state index in [1.807, 2.05) is 0 Å². The van der Waals surface area contributed by atoms with Crippen molar-refractivity contribution >= 4 is 17.7 Å². The Morgan fingerprint density at radius 3 is 2.82 bits per heavy atom. The minimum Gasteiger partial charge on any atom is -0.466 e. The topological polar surface area (TPSA) is 46.5 Å². The predicted octanol–water partition coefficient (Wildman–Crippen LogP) is 0.441. The van der Waals surface area contributed by atoms with Crippen LogP contribution in [0.25, 0.3) is 0 Å². The maximum absolute atomic E-state index is 10.7. The number of aliphatic hydroxyl groups is 1. The van der Waals surface area contributed by atoms with Gasteiger partial charge in [0.15, 0.2) is 0 Å². The molecule has 0 fully saturated rings. The lowest BCUT2D eigenvalue weighted by atomic mass is 10.4. The lowest BCUT2D eigenvalue weighted by Gasteiger charge is -2.01. The van der Waals surface area contributed by atoms with Crippen molar-refractivity contribution in [3.8, 4) is 0 Å². The first-order valence-electron chi connectivity index (χ1n) is 3.17. The van der Waals surface area contributed by atoms with Crippen LogP contribution in [0.2, 0.25) is 0 Å². The molecule has 0 aliphatic carbocycles. The number of rotatable bonds is 5. The van der Waals surface area contributed by atoms with E-state index in [1.54, 1.807) is 0 Å². The fraction of sp³-hybridized carbons (Fsp3) is 0.571. The van der Waals surface area contributed by atoms with Gasteiger partial charge in [-0.3, -0.25) is 0 Å². The molecule has 0 saturated heterocycles. The molecule has 0 unspecified atom stereocenters. The highest BCUT2D eigenvalue weighted by molar-refractivity contribution is 7.99. The molecule has 3 nitrogen and oxygen atoms in total. The zero-order valence-electron chi connectivity index (χ0n) is 6.50. The number of ether oxygens (including phenoxy) is 1. The van der Waals surface area contributed by atoms with E-state index in [0.717, 1.165) is 0 Å². The van der Waals surface area contributed by atoms with E-state index in [-0.39, 0.29) is 12.6 Å². The normalized spacial score (nSPS) is 9.27. The number of esters is 1. The second-order valence-corrected chi connectivity index (χ2v) is 2.98. The molecule has 0 aromatic rings. The van der Waals surface area contributed by atoms with Crippen LogP contribution >= 0.6 is 11.8 Å². The monoisotopic (exact) mass is 176 g/mol. The molecule has 0 saturated carbocycles. The molecule has 0 aromatic carbocycles. The van der Waals surface area contributed by atoms with E-state index in [0.29, 0.717) is 17.1 Å². The van der Waals surface area contributed by atoms with Gasteiger partial charge in [-0.1, -0.05) is 6.58 Å². The van der Waals surface area contributed by atoms with Crippen LogP contribution < -0.4 is 0 Å². The average molecular weight is 176 g/mol. The lowest BCUT2D eigenvalue weighted by molar-refractivity contribution is -0.135. The molecule has 0 bridgehead atoms. The van der Waals surface area contributed by atoms with Crippen molar-refractivity contribution < 1.29 is 14.6 Å². The summed E-state index contributed by atoms with van der Waals surface area (Å²) in [6.07, 6.45) is 0. The highest BCUT2D eigenvalue weighted by Crippen LogP contribution is 2.06. The van der Waals surface area contributed by atoms with Crippen LogP contribution in [0.15, 0.2) is 12.2 Å². The molecular formula is C7H12O3S. The third-order valence-electron chi connectivity index (χ3n) is 0.986. The van der Waals surface area contributed by atoms with E-state index in [9.17, 15) is 4.79 Å². The Morgan fingerprint density at radius 1 is 1.73 bits per heavy atom. The molecule has 0 atom stereocenters. The minimum absolute atomic E-state index is 0.124. The first-order valence-corrected chi connectivity index (χ1v) is 4.32. The summed E-state index contributed by atoms with van der Waals surface area (Å²) in [6, 6.07) is 0. The maximum atomic E-state index is 10.7. The molecule has 0 spiro atoms. The maximum Gasteiger partial charge on any atom is 0.333 e. The number of hydrogen-bond acceptors (Lipinski definition) is 4. The molecule has 64 valence electrons. The summed E-state index contributed by atoms with van der Waals surface area (Å²) in [4.78, 5) is 10.7. The Kier molecular flexibility index (Phi) is 5.97. The minimum atomic E-state index is -0.379. The molecule has 0 radical (unpaired) electrons. The molecule has 0 heterocycles. The van der Waals surface area contributed by atoms with Crippen molar-refractivity contribution in [2.45, 2.75) is 0 Å². The zero-order chi connectivity index (χ0) is 8.69. The van der Waals surface area contributed by atoms with Crippen LogP contribution in [0.1, 0.15) is 0 Å². The van der Waals surface area contributed by atoms with Gasteiger partial charge in [0.1, 0.15) is 0 Å². The summed E-state index contributed by atoms with van der Waals surface area (Å²) < 4.78 is 4.43. The van der Waals surface area contributed by atoms with Gasteiger partial charge >= 0.3 is 5.97 Å². The molecule has 0 amide bonds. The molecule has 4 heteroatoms. The van der Waals surface area contributed by atoms with Crippen molar-refractivity contribution in [2.75, 3.05) is 25.2 Å². The van der Waals surface area contributed by atoms with Crippen LogP contribution in [0, 0.1) is 0 Å². The highest BCUT2D eigenvalue weighted by atomic mass is 32.2. The molecule has 0 aromatic heterocycles. The summed E-state index contributed by atoms with van der Waals surface area (Å²) in [6.45, 7) is 3.64. The largest absolute Gasteiger partial charge is 0.466 e. The second-order valence-electron chi connectivity index (χ2n) is 1.87. The van der Waals surface area contributed by atoms with Crippen molar-refractivity contribution in [3.63, 3.8) is 0 Å². The quantitative estimate of drug-likeness (QED) is 0.375. The summed E-state index contributed by atoms with van der Waals surface area (Å²) in [5.74, 6) is 0.763. The third kappa shape index (κ3) is 4.86. The van der Waals surface area contributed by atoms with Crippen LogP contribution in [-0.4, -0.2) is 36.3 Å². The Morgan fingerprint density at radius 2 is 2.36 bits per heavy atom. The second kappa shape index (κ2) is 6.24. The number of carbonyl (C=O) groups is 1. The first kappa shape index (κ1) is 10.5. The van der Waals surface area contributed by atoms with Gasteiger partial charge in [-0.15, -0.1) is 0 Å². The molecule has 0 rings (SSSR count). The third-order valence-corrected chi connectivity index (χ3v) is 2.01. The molecule has 11 heavy (non-hydrogen) atoms. The standard InChI is InChI=1S/C7H12O3S/c1-6(7(9)10-2)5-11-4-3-8/h8H,1,3-5H2,2H3. The van der Waals surface area contributed by atoms with Gasteiger partial charge < -0.3 is 9.84 Å². The van der Waals surface area contributed by atoms with Gasteiger partial charge in [0.05, 0.1) is 13.7 Å². The molecule has 0 aliphatic rings. The van der Waals surface area contributed by atoms with Crippen molar-refractivity contribution in [1.82, 2.24) is 0 Å². The number of carbonyl (C=O) groups excluding carboxylic acids is 1. The predicted molar refractivity (Wildman–Crippen MR) is 45.6 cm³/mol. The summed E-state index contributed by atoms with van der Waals surface area (Å²) in [5.41, 5.74) is 0.436. The Hall–Kier alpha value is -0.480. The zero-order valence-corrected chi connectivity index (χ0v) is 7.32. The van der Waals surface area contributed by atoms with Gasteiger partial charge in [-0.2, -0.15) is 11.8 Å². The van der Waals surface area contributed by atoms with Crippen LogP contribution in [-0.2, 0) is 9.53 Å². The Bertz CT molecular complexity index is 145. The van der Waals surface area contributed by atoms with Crippen LogP contribution in [0.5, 0.6) is 0 Å². The number of methoxy groups -OCH3 is 1. The van der Waals surface area contributed by atoms with Gasteiger partial charge in [0.2, 0.25) is 0 Å². The SMILES string of the molecule is C=C(CSCCO)C(=O)OC. The van der Waals surface area contributed by atoms with Gasteiger partial charge in [-0.05, 0) is 0 Å². The van der Waals surface area contributed by atoms with Gasteiger partial charge in [0.25, 0.3) is 0 Å². The van der Waals surface area contributed by atoms with E-state index < -0.39 is 0 Å². The molecular weight excluding hydrogens is 164 g/mol. The summed E-state index contributed by atoms with van der Waals surface area (Å²) in [5, 5.41) is 8.41. The van der Waals surface area contributed by atoms with Gasteiger partial charge in [-0.25, -0.2) is 4.79 Å². The smallest absolute Gasteiger partial charge is 0.333 e. The van der Waals surface area contributed by atoms with Crippen LogP contribution in [0.4, 0.5) is 0 Å². The highest BCUT2D eigenvalue weighted by Gasteiger charge is 2.04. The molecule has 1 N–H and O–H groups in total. The Labute approximate surface area is 70.4 Å². The number of thioether (sulfide) groups is 1. The fourth-order valence-corrected chi connectivity index (χ4v) is 1.10. The average Bonchev–Trinajstić information content (AvgIpc) is 2.03.